The van der Waals surface area contributed by atoms with Crippen LogP contribution in [0.4, 0.5) is 0 Å². The lowest BCUT2D eigenvalue weighted by Gasteiger charge is -2.07. The maximum atomic E-state index is 10.8. The van der Waals surface area contributed by atoms with Crippen molar-refractivity contribution >= 4 is 11.8 Å². The lowest BCUT2D eigenvalue weighted by atomic mass is 9.97. The summed E-state index contributed by atoms with van der Waals surface area (Å²) >= 11 is 0. The van der Waals surface area contributed by atoms with Crippen molar-refractivity contribution in [3.63, 3.8) is 0 Å². The highest BCUT2D eigenvalue weighted by Gasteiger charge is 2.21. The van der Waals surface area contributed by atoms with Gasteiger partial charge in [-0.25, -0.2) is 4.79 Å². The molecule has 0 aromatic rings. The standard InChI is InChI=1S/C7H13NO3/c1-2-5(3-4-8)6(9)7(10)11/h5H,2-4,8H2,1H3,(H,10,11). The summed E-state index contributed by atoms with van der Waals surface area (Å²) in [4.78, 5) is 21.0. The molecule has 0 spiro atoms. The summed E-state index contributed by atoms with van der Waals surface area (Å²) in [6, 6.07) is 0. The van der Waals surface area contributed by atoms with Crippen molar-refractivity contribution in [3.8, 4) is 0 Å². The molecule has 0 aromatic heterocycles. The van der Waals surface area contributed by atoms with Crippen LogP contribution in [0.3, 0.4) is 0 Å². The summed E-state index contributed by atoms with van der Waals surface area (Å²) in [5.41, 5.74) is 5.20. The second-order valence-electron chi connectivity index (χ2n) is 2.35. The van der Waals surface area contributed by atoms with E-state index in [2.05, 4.69) is 0 Å². The minimum atomic E-state index is -1.36. The Morgan fingerprint density at radius 2 is 2.09 bits per heavy atom. The molecule has 0 amide bonds. The zero-order valence-electron chi connectivity index (χ0n) is 6.54. The second-order valence-corrected chi connectivity index (χ2v) is 2.35. The fourth-order valence-corrected chi connectivity index (χ4v) is 0.896. The van der Waals surface area contributed by atoms with E-state index in [4.69, 9.17) is 10.8 Å². The number of carboxylic acid groups (broad SMARTS) is 1. The van der Waals surface area contributed by atoms with E-state index in [0.717, 1.165) is 0 Å². The van der Waals surface area contributed by atoms with Crippen molar-refractivity contribution in [2.24, 2.45) is 11.7 Å². The second kappa shape index (κ2) is 4.85. The number of hydrogen-bond donors (Lipinski definition) is 2. The van der Waals surface area contributed by atoms with Crippen molar-refractivity contribution in [2.75, 3.05) is 6.54 Å². The molecule has 0 heterocycles. The topological polar surface area (TPSA) is 80.4 Å². The number of aliphatic carboxylic acids is 1. The average Bonchev–Trinajstić information content (AvgIpc) is 1.98. The van der Waals surface area contributed by atoms with Gasteiger partial charge in [0.1, 0.15) is 0 Å². The third-order valence-corrected chi connectivity index (χ3v) is 1.59. The fraction of sp³-hybridized carbons (Fsp3) is 0.714. The Labute approximate surface area is 65.4 Å². The van der Waals surface area contributed by atoms with E-state index in [0.29, 0.717) is 19.4 Å². The molecular weight excluding hydrogens is 146 g/mol. The van der Waals surface area contributed by atoms with Crippen LogP contribution in [0.25, 0.3) is 0 Å². The van der Waals surface area contributed by atoms with Crippen molar-refractivity contribution in [3.05, 3.63) is 0 Å². The zero-order chi connectivity index (χ0) is 8.85. The first kappa shape index (κ1) is 10.1. The number of nitrogens with two attached hydrogens (primary N) is 1. The highest BCUT2D eigenvalue weighted by atomic mass is 16.4. The average molecular weight is 159 g/mol. The first-order valence-corrected chi connectivity index (χ1v) is 3.60. The lowest BCUT2D eigenvalue weighted by Crippen LogP contribution is -2.24. The molecule has 0 saturated carbocycles. The molecule has 1 atom stereocenters. The summed E-state index contributed by atoms with van der Waals surface area (Å²) < 4.78 is 0. The molecule has 4 nitrogen and oxygen atoms in total. The van der Waals surface area contributed by atoms with E-state index in [1.807, 2.05) is 0 Å². The van der Waals surface area contributed by atoms with Gasteiger partial charge in [-0.2, -0.15) is 0 Å². The van der Waals surface area contributed by atoms with Gasteiger partial charge in [0.05, 0.1) is 0 Å². The lowest BCUT2D eigenvalue weighted by molar-refractivity contribution is -0.151. The Hall–Kier alpha value is -0.900. The van der Waals surface area contributed by atoms with Gasteiger partial charge < -0.3 is 10.8 Å². The molecule has 1 unspecified atom stereocenters. The Bertz CT molecular complexity index is 156. The third-order valence-electron chi connectivity index (χ3n) is 1.59. The highest BCUT2D eigenvalue weighted by Crippen LogP contribution is 2.07. The van der Waals surface area contributed by atoms with Crippen LogP contribution in [0.15, 0.2) is 0 Å². The van der Waals surface area contributed by atoms with Gasteiger partial charge in [-0.05, 0) is 19.4 Å². The van der Waals surface area contributed by atoms with Gasteiger partial charge >= 0.3 is 5.97 Å². The van der Waals surface area contributed by atoms with Crippen LogP contribution in [-0.4, -0.2) is 23.4 Å². The molecule has 0 fully saturated rings. The summed E-state index contributed by atoms with van der Waals surface area (Å²) in [5.74, 6) is -2.49. The summed E-state index contributed by atoms with van der Waals surface area (Å²) in [5, 5.41) is 8.32. The van der Waals surface area contributed by atoms with Crippen molar-refractivity contribution in [1.29, 1.82) is 0 Å². The van der Waals surface area contributed by atoms with Gasteiger partial charge in [0, 0.05) is 5.92 Å². The van der Waals surface area contributed by atoms with Crippen molar-refractivity contribution in [2.45, 2.75) is 19.8 Å². The predicted octanol–water partition coefficient (Wildman–Crippen LogP) is 0.0151. The molecule has 4 heteroatoms. The van der Waals surface area contributed by atoms with E-state index in [9.17, 15) is 9.59 Å². The summed E-state index contributed by atoms with van der Waals surface area (Å²) in [6.45, 7) is 2.14. The van der Waals surface area contributed by atoms with Crippen LogP contribution in [0.1, 0.15) is 19.8 Å². The Balaban J connectivity index is 4.02. The Kier molecular flexibility index (Phi) is 4.45. The molecule has 0 aliphatic rings. The quantitative estimate of drug-likeness (QED) is 0.554. The minimum absolute atomic E-state index is 0.359. The first-order chi connectivity index (χ1) is 5.13. The minimum Gasteiger partial charge on any atom is -0.475 e. The van der Waals surface area contributed by atoms with Crippen molar-refractivity contribution < 1.29 is 14.7 Å². The van der Waals surface area contributed by atoms with Crippen LogP contribution in [-0.2, 0) is 9.59 Å². The molecule has 0 radical (unpaired) electrons. The van der Waals surface area contributed by atoms with Gasteiger partial charge in [-0.3, -0.25) is 4.79 Å². The van der Waals surface area contributed by atoms with Crippen molar-refractivity contribution in [1.82, 2.24) is 0 Å². The van der Waals surface area contributed by atoms with Gasteiger partial charge in [0.15, 0.2) is 0 Å². The molecular formula is C7H13NO3. The molecule has 11 heavy (non-hydrogen) atoms. The Morgan fingerprint density at radius 3 is 2.36 bits per heavy atom. The van der Waals surface area contributed by atoms with Crippen LogP contribution in [0.2, 0.25) is 0 Å². The molecule has 0 bridgehead atoms. The number of hydrogen-bond acceptors (Lipinski definition) is 3. The molecule has 64 valence electrons. The molecule has 0 aliphatic carbocycles. The number of Topliss-reactive ketones (excluding diaryl/α,β-unsaturated/α-hetero) is 1. The molecule has 0 aromatic carbocycles. The number of carboxylic acids is 1. The Morgan fingerprint density at radius 1 is 1.55 bits per heavy atom. The van der Waals surface area contributed by atoms with Crippen LogP contribution in [0.5, 0.6) is 0 Å². The maximum Gasteiger partial charge on any atom is 0.372 e. The smallest absolute Gasteiger partial charge is 0.372 e. The van der Waals surface area contributed by atoms with Gasteiger partial charge in [0.25, 0.3) is 0 Å². The zero-order valence-corrected chi connectivity index (χ0v) is 6.54. The van der Waals surface area contributed by atoms with E-state index >= 15 is 0 Å². The first-order valence-electron chi connectivity index (χ1n) is 3.60. The normalized spacial score (nSPS) is 12.5. The van der Waals surface area contributed by atoms with Gasteiger partial charge in [-0.1, -0.05) is 6.92 Å². The number of rotatable bonds is 5. The maximum absolute atomic E-state index is 10.8. The summed E-state index contributed by atoms with van der Waals surface area (Å²) in [6.07, 6.45) is 1.00. The van der Waals surface area contributed by atoms with E-state index < -0.39 is 17.7 Å². The van der Waals surface area contributed by atoms with Crippen LogP contribution < -0.4 is 5.73 Å². The highest BCUT2D eigenvalue weighted by molar-refractivity contribution is 6.33. The van der Waals surface area contributed by atoms with E-state index in [-0.39, 0.29) is 0 Å². The van der Waals surface area contributed by atoms with Crippen LogP contribution >= 0.6 is 0 Å². The molecule has 0 saturated heterocycles. The predicted molar refractivity (Wildman–Crippen MR) is 40.1 cm³/mol. The van der Waals surface area contributed by atoms with E-state index in [1.54, 1.807) is 6.92 Å². The monoisotopic (exact) mass is 159 g/mol. The largest absolute Gasteiger partial charge is 0.475 e. The molecule has 3 N–H and O–H groups in total. The van der Waals surface area contributed by atoms with Gasteiger partial charge in [0.2, 0.25) is 5.78 Å². The third kappa shape index (κ3) is 3.13. The summed E-state index contributed by atoms with van der Waals surface area (Å²) in [7, 11) is 0. The molecule has 0 aliphatic heterocycles. The SMILES string of the molecule is CCC(CCN)C(=O)C(=O)O. The number of carbonyl (C=O) groups excluding carboxylic acids is 1. The van der Waals surface area contributed by atoms with Gasteiger partial charge in [-0.15, -0.1) is 0 Å². The van der Waals surface area contributed by atoms with E-state index in [1.165, 1.54) is 0 Å². The number of ketones is 1. The van der Waals surface area contributed by atoms with Crippen LogP contribution in [0, 0.1) is 5.92 Å². The number of carbonyl (C=O) groups is 2. The fourth-order valence-electron chi connectivity index (χ4n) is 0.896. The molecule has 0 rings (SSSR count).